The summed E-state index contributed by atoms with van der Waals surface area (Å²) < 4.78 is 7.21. The van der Waals surface area contributed by atoms with Crippen LogP contribution in [0.4, 0.5) is 0 Å². The number of rotatable bonds is 5. The average molecular weight is 480 g/mol. The molecular weight excluding hydrogens is 454 g/mol. The van der Waals surface area contributed by atoms with Crippen molar-refractivity contribution in [3.8, 4) is 0 Å². The fourth-order valence-corrected chi connectivity index (χ4v) is 8.02. The molecule has 3 aliphatic carbocycles. The predicted octanol–water partition coefficient (Wildman–Crippen LogP) is 4.42. The summed E-state index contributed by atoms with van der Waals surface area (Å²) in [5.74, 6) is 0.170. The number of methoxy groups -OCH3 is 1. The van der Waals surface area contributed by atoms with E-state index in [4.69, 9.17) is 4.74 Å². The van der Waals surface area contributed by atoms with Gasteiger partial charge in [0, 0.05) is 30.0 Å². The summed E-state index contributed by atoms with van der Waals surface area (Å²) in [6, 6.07) is 16.5. The van der Waals surface area contributed by atoms with Crippen LogP contribution >= 0.6 is 15.9 Å². The summed E-state index contributed by atoms with van der Waals surface area (Å²) in [4.78, 5) is 15.5. The molecule has 2 aromatic rings. The Labute approximate surface area is 191 Å². The molecule has 5 heteroatoms. The van der Waals surface area contributed by atoms with Gasteiger partial charge in [-0.3, -0.25) is 4.79 Å². The molecule has 4 nitrogen and oxygen atoms in total. The normalized spacial score (nSPS) is 39.1. The molecule has 1 aliphatic heterocycles. The molecule has 0 spiro atoms. The number of nitrogens with zero attached hydrogens (tertiary/aromatic N) is 1. The van der Waals surface area contributed by atoms with Crippen molar-refractivity contribution in [1.29, 1.82) is 0 Å². The van der Waals surface area contributed by atoms with Gasteiger partial charge in [0.05, 0.1) is 5.92 Å². The summed E-state index contributed by atoms with van der Waals surface area (Å²) in [6.45, 7) is 4.41. The van der Waals surface area contributed by atoms with Gasteiger partial charge < -0.3 is 14.7 Å². The first-order chi connectivity index (χ1) is 14.9. The first-order valence-electron chi connectivity index (χ1n) is 11.0. The molecule has 0 radical (unpaired) electrons. The summed E-state index contributed by atoms with van der Waals surface area (Å²) >= 11 is 3.47. The molecule has 1 saturated heterocycles. The summed E-state index contributed by atoms with van der Waals surface area (Å²) in [5.41, 5.74) is 1.04. The van der Waals surface area contributed by atoms with E-state index in [0.717, 1.165) is 16.5 Å². The SMILES string of the molecule is C=CC[C@]12[C@@H]3c4ccccc4C[C@@H]3C[C@@]3(O)N(Cc4ccc(Br)cc4)C(=O)[C@@H]1[C@]23OC. The minimum atomic E-state index is -1.32. The second kappa shape index (κ2) is 6.31. The highest BCUT2D eigenvalue weighted by Gasteiger charge is 2.96. The number of amides is 1. The van der Waals surface area contributed by atoms with Gasteiger partial charge in [-0.1, -0.05) is 58.4 Å². The molecule has 0 unspecified atom stereocenters. The van der Waals surface area contributed by atoms with Gasteiger partial charge in [-0.25, -0.2) is 0 Å². The maximum absolute atomic E-state index is 13.8. The van der Waals surface area contributed by atoms with Gasteiger partial charge in [0.25, 0.3) is 0 Å². The van der Waals surface area contributed by atoms with E-state index < -0.39 is 16.7 Å². The standard InChI is InChI=1S/C26H26BrNO3/c1-3-12-24-21-18(13-17-6-4-5-7-20(17)21)14-25(30)26(24,31-2)22(24)23(29)28(25)15-16-8-10-19(27)11-9-16/h3-11,18,21-22,30H,1,12-15H2,2H3/t18-,21+,22+,24+,25+,26+/m1/s1. The number of fused-ring (bicyclic) bond motifs is 5. The summed E-state index contributed by atoms with van der Waals surface area (Å²) in [6.07, 6.45) is 4.06. The van der Waals surface area contributed by atoms with Crippen molar-refractivity contribution >= 4 is 21.8 Å². The summed E-state index contributed by atoms with van der Waals surface area (Å²) in [7, 11) is 1.67. The van der Waals surface area contributed by atoms with Crippen molar-refractivity contribution in [2.24, 2.45) is 17.3 Å². The maximum atomic E-state index is 13.8. The molecule has 1 N–H and O–H groups in total. The minimum Gasteiger partial charge on any atom is -0.372 e. The van der Waals surface area contributed by atoms with Crippen molar-refractivity contribution in [2.75, 3.05) is 7.11 Å². The Hall–Kier alpha value is -1.95. The molecule has 1 heterocycles. The molecule has 1 amide bonds. The first-order valence-corrected chi connectivity index (χ1v) is 11.8. The molecule has 6 atom stereocenters. The highest BCUT2D eigenvalue weighted by Crippen LogP contribution is 2.85. The van der Waals surface area contributed by atoms with E-state index in [0.29, 0.717) is 19.4 Å². The lowest BCUT2D eigenvalue weighted by Gasteiger charge is -2.52. The molecule has 160 valence electrons. The van der Waals surface area contributed by atoms with Crippen molar-refractivity contribution in [3.05, 3.63) is 82.3 Å². The fraction of sp³-hybridized carbons (Fsp3) is 0.423. The number of aliphatic hydroxyl groups is 1. The second-order valence-corrected chi connectivity index (χ2v) is 10.5. The predicted molar refractivity (Wildman–Crippen MR) is 121 cm³/mol. The van der Waals surface area contributed by atoms with E-state index in [1.807, 2.05) is 30.3 Å². The van der Waals surface area contributed by atoms with Gasteiger partial charge in [0.1, 0.15) is 5.60 Å². The van der Waals surface area contributed by atoms with Crippen molar-refractivity contribution in [2.45, 2.75) is 43.1 Å². The van der Waals surface area contributed by atoms with Crippen LogP contribution < -0.4 is 0 Å². The smallest absolute Gasteiger partial charge is 0.232 e. The van der Waals surface area contributed by atoms with E-state index in [1.165, 1.54) is 11.1 Å². The summed E-state index contributed by atoms with van der Waals surface area (Å²) in [5, 5.41) is 12.3. The Kier molecular flexibility index (Phi) is 4.01. The number of allylic oxidation sites excluding steroid dienone is 1. The number of halogens is 1. The number of carbonyl (C=O) groups excluding carboxylic acids is 1. The molecule has 2 saturated carbocycles. The third-order valence-corrected chi connectivity index (χ3v) is 9.12. The molecule has 3 fully saturated rings. The van der Waals surface area contributed by atoms with Crippen molar-refractivity contribution < 1.29 is 14.6 Å². The lowest BCUT2D eigenvalue weighted by molar-refractivity contribution is -0.230. The molecule has 6 rings (SSSR count). The highest BCUT2D eigenvalue weighted by atomic mass is 79.9. The third-order valence-electron chi connectivity index (χ3n) is 8.59. The topological polar surface area (TPSA) is 49.8 Å². The molecule has 4 aliphatic rings. The number of likely N-dealkylation sites (tertiary alicyclic amines) is 1. The van der Waals surface area contributed by atoms with Crippen LogP contribution in [0, 0.1) is 17.3 Å². The Morgan fingerprint density at radius 2 is 2.00 bits per heavy atom. The Morgan fingerprint density at radius 1 is 1.26 bits per heavy atom. The molecule has 2 aromatic carbocycles. The zero-order valence-electron chi connectivity index (χ0n) is 17.6. The van der Waals surface area contributed by atoms with E-state index in [2.05, 4.69) is 46.8 Å². The van der Waals surface area contributed by atoms with E-state index in [-0.39, 0.29) is 23.7 Å². The third kappa shape index (κ3) is 2.11. The maximum Gasteiger partial charge on any atom is 0.232 e. The number of piperidine rings is 1. The van der Waals surface area contributed by atoms with Crippen LogP contribution in [-0.4, -0.2) is 34.3 Å². The van der Waals surface area contributed by atoms with E-state index in [9.17, 15) is 9.90 Å². The van der Waals surface area contributed by atoms with E-state index in [1.54, 1.807) is 12.0 Å². The van der Waals surface area contributed by atoms with Crippen LogP contribution in [-0.2, 0) is 22.5 Å². The van der Waals surface area contributed by atoms with Gasteiger partial charge in [0.15, 0.2) is 5.72 Å². The number of hydrogen-bond acceptors (Lipinski definition) is 3. The van der Waals surface area contributed by atoms with Crippen molar-refractivity contribution in [1.82, 2.24) is 4.90 Å². The first kappa shape index (κ1) is 19.7. The molecular formula is C26H26BrNO3. The molecule has 0 aromatic heterocycles. The minimum absolute atomic E-state index is 0.0111. The lowest BCUT2D eigenvalue weighted by Crippen LogP contribution is -2.63. The fourth-order valence-electron chi connectivity index (χ4n) is 7.75. The Balaban J connectivity index is 1.48. The second-order valence-electron chi connectivity index (χ2n) is 9.62. The zero-order valence-corrected chi connectivity index (χ0v) is 19.1. The molecule has 0 bridgehead atoms. The van der Waals surface area contributed by atoms with Crippen LogP contribution in [0.2, 0.25) is 0 Å². The quantitative estimate of drug-likeness (QED) is 0.645. The number of ether oxygens (including phenoxy) is 1. The molecule has 31 heavy (non-hydrogen) atoms. The zero-order chi connectivity index (χ0) is 21.6. The Morgan fingerprint density at radius 3 is 2.71 bits per heavy atom. The van der Waals surface area contributed by atoms with Gasteiger partial charge >= 0.3 is 0 Å². The van der Waals surface area contributed by atoms with Gasteiger partial charge in [0.2, 0.25) is 5.91 Å². The van der Waals surface area contributed by atoms with Crippen LogP contribution in [0.15, 0.2) is 65.7 Å². The van der Waals surface area contributed by atoms with Crippen LogP contribution in [0.3, 0.4) is 0 Å². The van der Waals surface area contributed by atoms with Crippen molar-refractivity contribution in [3.63, 3.8) is 0 Å². The number of hydrogen-bond donors (Lipinski definition) is 1. The highest BCUT2D eigenvalue weighted by molar-refractivity contribution is 9.10. The monoisotopic (exact) mass is 479 g/mol. The van der Waals surface area contributed by atoms with Gasteiger partial charge in [-0.2, -0.15) is 0 Å². The van der Waals surface area contributed by atoms with Crippen LogP contribution in [0.1, 0.15) is 35.4 Å². The Bertz CT molecular complexity index is 1100. The van der Waals surface area contributed by atoms with E-state index >= 15 is 0 Å². The largest absolute Gasteiger partial charge is 0.372 e. The number of carbonyl (C=O) groups is 1. The van der Waals surface area contributed by atoms with Crippen LogP contribution in [0.25, 0.3) is 0 Å². The van der Waals surface area contributed by atoms with Crippen LogP contribution in [0.5, 0.6) is 0 Å². The number of benzene rings is 2. The average Bonchev–Trinajstić information content (AvgIpc) is 3.11. The lowest BCUT2D eigenvalue weighted by atomic mass is 9.64. The van der Waals surface area contributed by atoms with Gasteiger partial charge in [-0.15, -0.1) is 6.58 Å². The van der Waals surface area contributed by atoms with Gasteiger partial charge in [-0.05, 0) is 53.5 Å².